The van der Waals surface area contributed by atoms with E-state index in [1.165, 1.54) is 0 Å². The van der Waals surface area contributed by atoms with Gasteiger partial charge >= 0.3 is 0 Å². The summed E-state index contributed by atoms with van der Waals surface area (Å²) < 4.78 is 5.15. The summed E-state index contributed by atoms with van der Waals surface area (Å²) in [5, 5.41) is 3.27. The maximum absolute atomic E-state index is 5.15. The van der Waals surface area contributed by atoms with Gasteiger partial charge in [-0.15, -0.1) is 0 Å². The minimum Gasteiger partial charge on any atom is -0.480 e. The molecule has 0 amide bonds. The van der Waals surface area contributed by atoms with Crippen LogP contribution in [0.5, 0.6) is 5.88 Å². The fourth-order valence-electron chi connectivity index (χ4n) is 1.56. The van der Waals surface area contributed by atoms with Crippen LogP contribution < -0.4 is 10.1 Å². The molecule has 1 rings (SSSR count). The smallest absolute Gasteiger partial charge is 0.235 e. The van der Waals surface area contributed by atoms with Gasteiger partial charge in [-0.3, -0.25) is 4.98 Å². The third-order valence-corrected chi connectivity index (χ3v) is 2.56. The number of hydrogen-bond donors (Lipinski definition) is 1. The normalized spacial score (nSPS) is 12.5. The van der Waals surface area contributed by atoms with Crippen molar-refractivity contribution in [2.45, 2.75) is 32.2 Å². The van der Waals surface area contributed by atoms with Gasteiger partial charge in [0.25, 0.3) is 0 Å². The second-order valence-corrected chi connectivity index (χ2v) is 3.44. The highest BCUT2D eigenvalue weighted by molar-refractivity contribution is 5.17. The van der Waals surface area contributed by atoms with Crippen LogP contribution in [-0.4, -0.2) is 30.2 Å². The fraction of sp³-hybridized carbons (Fsp3) is 0.636. The molecule has 1 N–H and O–H groups in total. The van der Waals surface area contributed by atoms with Crippen LogP contribution in [0.1, 0.15) is 25.5 Å². The lowest BCUT2D eigenvalue weighted by atomic mass is 10.1. The average molecular weight is 209 g/mol. The van der Waals surface area contributed by atoms with E-state index >= 15 is 0 Å². The zero-order chi connectivity index (χ0) is 11.1. The first-order chi connectivity index (χ1) is 7.31. The molecule has 4 heteroatoms. The molecule has 0 saturated carbocycles. The Kier molecular flexibility index (Phi) is 5.04. The Labute approximate surface area is 91.1 Å². The van der Waals surface area contributed by atoms with Gasteiger partial charge in [0.15, 0.2) is 0 Å². The summed E-state index contributed by atoms with van der Waals surface area (Å²) in [4.78, 5) is 8.40. The van der Waals surface area contributed by atoms with Crippen molar-refractivity contribution in [3.05, 3.63) is 18.1 Å². The molecular formula is C11H19N3O. The van der Waals surface area contributed by atoms with E-state index < -0.39 is 0 Å². The van der Waals surface area contributed by atoms with Crippen molar-refractivity contribution >= 4 is 0 Å². The average Bonchev–Trinajstić information content (AvgIpc) is 2.31. The van der Waals surface area contributed by atoms with E-state index in [1.807, 2.05) is 7.05 Å². The first kappa shape index (κ1) is 11.9. The predicted molar refractivity (Wildman–Crippen MR) is 60.0 cm³/mol. The predicted octanol–water partition coefficient (Wildman–Crippen LogP) is 1.42. The molecule has 1 heterocycles. The number of ether oxygens (including phenoxy) is 1. The Morgan fingerprint density at radius 1 is 1.40 bits per heavy atom. The summed E-state index contributed by atoms with van der Waals surface area (Å²) in [5.74, 6) is 0.642. The quantitative estimate of drug-likeness (QED) is 0.769. The van der Waals surface area contributed by atoms with Crippen LogP contribution in [0.4, 0.5) is 0 Å². The lowest BCUT2D eigenvalue weighted by molar-refractivity contribution is 0.386. The van der Waals surface area contributed by atoms with Crippen LogP contribution in [-0.2, 0) is 6.42 Å². The third kappa shape index (κ3) is 3.47. The molecular weight excluding hydrogens is 190 g/mol. The fourth-order valence-corrected chi connectivity index (χ4v) is 1.56. The van der Waals surface area contributed by atoms with E-state index in [9.17, 15) is 0 Å². The maximum Gasteiger partial charge on any atom is 0.235 e. The molecule has 1 unspecified atom stereocenters. The minimum absolute atomic E-state index is 0.539. The summed E-state index contributed by atoms with van der Waals surface area (Å²) in [5.41, 5.74) is 0.939. The van der Waals surface area contributed by atoms with Gasteiger partial charge in [0.2, 0.25) is 5.88 Å². The highest BCUT2D eigenvalue weighted by Crippen LogP contribution is 2.14. The highest BCUT2D eigenvalue weighted by atomic mass is 16.5. The van der Waals surface area contributed by atoms with Crippen LogP contribution in [0.2, 0.25) is 0 Å². The number of nitrogens with zero attached hydrogens (tertiary/aromatic N) is 2. The number of rotatable bonds is 6. The summed E-state index contributed by atoms with van der Waals surface area (Å²) in [6.45, 7) is 2.18. The zero-order valence-electron chi connectivity index (χ0n) is 9.66. The Balaban J connectivity index is 2.56. The van der Waals surface area contributed by atoms with Gasteiger partial charge in [0, 0.05) is 18.4 Å². The number of methoxy groups -OCH3 is 1. The minimum atomic E-state index is 0.539. The molecule has 0 spiro atoms. The monoisotopic (exact) mass is 209 g/mol. The van der Waals surface area contributed by atoms with Gasteiger partial charge in [-0.1, -0.05) is 6.92 Å². The van der Waals surface area contributed by atoms with Crippen LogP contribution in [0, 0.1) is 0 Å². The maximum atomic E-state index is 5.15. The van der Waals surface area contributed by atoms with E-state index in [2.05, 4.69) is 22.2 Å². The molecule has 0 aliphatic heterocycles. The molecule has 15 heavy (non-hydrogen) atoms. The molecule has 0 fully saturated rings. The van der Waals surface area contributed by atoms with Crippen molar-refractivity contribution < 1.29 is 4.74 Å². The third-order valence-electron chi connectivity index (χ3n) is 2.56. The summed E-state index contributed by atoms with van der Waals surface area (Å²) in [6, 6.07) is 0.539. The van der Waals surface area contributed by atoms with Crippen molar-refractivity contribution in [1.29, 1.82) is 0 Å². The molecule has 0 bridgehead atoms. The molecule has 1 aromatic heterocycles. The largest absolute Gasteiger partial charge is 0.480 e. The highest BCUT2D eigenvalue weighted by Gasteiger charge is 2.08. The molecule has 1 atom stereocenters. The number of aromatic nitrogens is 2. The van der Waals surface area contributed by atoms with E-state index in [4.69, 9.17) is 4.74 Å². The van der Waals surface area contributed by atoms with E-state index in [1.54, 1.807) is 19.5 Å². The number of hydrogen-bond acceptors (Lipinski definition) is 4. The molecule has 0 aliphatic carbocycles. The van der Waals surface area contributed by atoms with E-state index in [-0.39, 0.29) is 0 Å². The second-order valence-electron chi connectivity index (χ2n) is 3.44. The SMILES string of the molecule is CCC(CCc1nccnc1OC)NC. The molecule has 0 saturated heterocycles. The lowest BCUT2D eigenvalue weighted by Crippen LogP contribution is -2.24. The Bertz CT molecular complexity index is 287. The van der Waals surface area contributed by atoms with Crippen molar-refractivity contribution in [3.8, 4) is 5.88 Å². The molecule has 84 valence electrons. The first-order valence-electron chi connectivity index (χ1n) is 5.33. The standard InChI is InChI=1S/C11H19N3O/c1-4-9(12-2)5-6-10-11(15-3)14-8-7-13-10/h7-9,12H,4-6H2,1-3H3. The van der Waals surface area contributed by atoms with Crippen LogP contribution in [0.15, 0.2) is 12.4 Å². The summed E-state index contributed by atoms with van der Waals surface area (Å²) in [7, 11) is 3.62. The topological polar surface area (TPSA) is 47.0 Å². The Morgan fingerprint density at radius 2 is 2.13 bits per heavy atom. The Hall–Kier alpha value is -1.16. The van der Waals surface area contributed by atoms with Gasteiger partial charge in [-0.05, 0) is 26.3 Å². The van der Waals surface area contributed by atoms with Crippen molar-refractivity contribution in [2.75, 3.05) is 14.2 Å². The Morgan fingerprint density at radius 3 is 2.73 bits per heavy atom. The van der Waals surface area contributed by atoms with Crippen molar-refractivity contribution in [2.24, 2.45) is 0 Å². The van der Waals surface area contributed by atoms with E-state index in [0.29, 0.717) is 11.9 Å². The first-order valence-corrected chi connectivity index (χ1v) is 5.33. The number of nitrogens with one attached hydrogen (secondary N) is 1. The number of aryl methyl sites for hydroxylation is 1. The molecule has 0 aromatic carbocycles. The lowest BCUT2D eigenvalue weighted by Gasteiger charge is -2.13. The van der Waals surface area contributed by atoms with Crippen molar-refractivity contribution in [1.82, 2.24) is 15.3 Å². The van der Waals surface area contributed by atoms with Gasteiger partial charge in [-0.2, -0.15) is 0 Å². The van der Waals surface area contributed by atoms with Crippen molar-refractivity contribution in [3.63, 3.8) is 0 Å². The van der Waals surface area contributed by atoms with Gasteiger partial charge in [-0.25, -0.2) is 4.98 Å². The summed E-state index contributed by atoms with van der Waals surface area (Å²) in [6.07, 6.45) is 6.44. The molecule has 0 aliphatic rings. The van der Waals surface area contributed by atoms with E-state index in [0.717, 1.165) is 25.0 Å². The van der Waals surface area contributed by atoms with Gasteiger partial charge in [0.05, 0.1) is 7.11 Å². The van der Waals surface area contributed by atoms with Crippen LogP contribution in [0.3, 0.4) is 0 Å². The van der Waals surface area contributed by atoms with Crippen LogP contribution in [0.25, 0.3) is 0 Å². The van der Waals surface area contributed by atoms with Gasteiger partial charge < -0.3 is 10.1 Å². The zero-order valence-corrected chi connectivity index (χ0v) is 9.66. The molecule has 0 radical (unpaired) electrons. The molecule has 4 nitrogen and oxygen atoms in total. The van der Waals surface area contributed by atoms with Crippen LogP contribution >= 0.6 is 0 Å². The molecule has 1 aromatic rings. The second kappa shape index (κ2) is 6.35. The van der Waals surface area contributed by atoms with Gasteiger partial charge in [0.1, 0.15) is 5.69 Å². The summed E-state index contributed by atoms with van der Waals surface area (Å²) >= 11 is 0.